The molecule has 1 aromatic heterocycles. The Balaban J connectivity index is 1.89. The molecule has 6 heteroatoms. The highest BCUT2D eigenvalue weighted by molar-refractivity contribution is 7.80. The van der Waals surface area contributed by atoms with Crippen LogP contribution in [0.15, 0.2) is 46.8 Å². The summed E-state index contributed by atoms with van der Waals surface area (Å²) >= 11 is 5.59. The molecule has 0 aliphatic carbocycles. The van der Waals surface area contributed by atoms with E-state index in [1.807, 2.05) is 12.1 Å². The topological polar surface area (TPSA) is 42.0 Å². The van der Waals surface area contributed by atoms with Gasteiger partial charge < -0.3 is 5.32 Å². The molecular weight excluding hydrogens is 295 g/mol. The molecule has 0 aliphatic rings. The normalized spacial score (nSPS) is 10.7. The number of anilines is 1. The number of thiol groups is 1. The van der Waals surface area contributed by atoms with Gasteiger partial charge in [-0.3, -0.25) is 4.79 Å². The molecule has 0 fully saturated rings. The van der Waals surface area contributed by atoms with Crippen LogP contribution < -0.4 is 5.32 Å². The Bertz CT molecular complexity index is 801. The third kappa shape index (κ3) is 2.52. The Morgan fingerprint density at radius 3 is 2.95 bits per heavy atom. The van der Waals surface area contributed by atoms with Gasteiger partial charge in [0.15, 0.2) is 0 Å². The number of nitrogens with zero attached hydrogens (tertiary/aromatic N) is 1. The Hall–Kier alpha value is -1.92. The van der Waals surface area contributed by atoms with E-state index in [4.69, 9.17) is 0 Å². The van der Waals surface area contributed by atoms with E-state index in [1.54, 1.807) is 11.6 Å². The fourth-order valence-electron chi connectivity index (χ4n) is 1.82. The lowest BCUT2D eigenvalue weighted by Gasteiger charge is -2.06. The van der Waals surface area contributed by atoms with Gasteiger partial charge >= 0.3 is 0 Å². The number of benzene rings is 2. The van der Waals surface area contributed by atoms with E-state index in [9.17, 15) is 9.18 Å². The van der Waals surface area contributed by atoms with E-state index in [1.165, 1.54) is 29.5 Å². The van der Waals surface area contributed by atoms with Crippen molar-refractivity contribution in [2.24, 2.45) is 0 Å². The highest BCUT2D eigenvalue weighted by atomic mass is 32.1. The van der Waals surface area contributed by atoms with E-state index < -0.39 is 11.7 Å². The van der Waals surface area contributed by atoms with E-state index in [0.717, 1.165) is 10.2 Å². The van der Waals surface area contributed by atoms with Gasteiger partial charge in [0, 0.05) is 10.6 Å². The van der Waals surface area contributed by atoms with Gasteiger partial charge in [0.05, 0.1) is 21.3 Å². The molecule has 0 aliphatic heterocycles. The highest BCUT2D eigenvalue weighted by Gasteiger charge is 2.12. The first-order valence-electron chi connectivity index (χ1n) is 5.76. The molecule has 100 valence electrons. The number of halogens is 1. The van der Waals surface area contributed by atoms with Crippen molar-refractivity contribution in [2.45, 2.75) is 4.90 Å². The minimum atomic E-state index is -0.570. The molecule has 0 bridgehead atoms. The van der Waals surface area contributed by atoms with Crippen LogP contribution in [0.2, 0.25) is 0 Å². The molecule has 1 N–H and O–H groups in total. The number of carbonyl (C=O) groups is 1. The summed E-state index contributed by atoms with van der Waals surface area (Å²) in [6, 6.07) is 9.49. The molecule has 1 amide bonds. The quantitative estimate of drug-likeness (QED) is 0.703. The number of fused-ring (bicyclic) bond motifs is 1. The maximum atomic E-state index is 13.6. The third-order valence-corrected chi connectivity index (χ3v) is 3.85. The number of aromatic nitrogens is 1. The SMILES string of the molecule is O=C(Nc1ccc2ncsc2c1)c1cc(S)ccc1F. The molecule has 0 radical (unpaired) electrons. The zero-order chi connectivity index (χ0) is 14.1. The average molecular weight is 304 g/mol. The van der Waals surface area contributed by atoms with Gasteiger partial charge in [-0.05, 0) is 36.4 Å². The lowest BCUT2D eigenvalue weighted by molar-refractivity contribution is 0.102. The smallest absolute Gasteiger partial charge is 0.258 e. The molecule has 20 heavy (non-hydrogen) atoms. The summed E-state index contributed by atoms with van der Waals surface area (Å²) in [6.45, 7) is 0. The van der Waals surface area contributed by atoms with Gasteiger partial charge in [0.25, 0.3) is 5.91 Å². The molecule has 0 unspecified atom stereocenters. The fourth-order valence-corrected chi connectivity index (χ4v) is 2.74. The predicted octanol–water partition coefficient (Wildman–Crippen LogP) is 3.98. The molecule has 0 atom stereocenters. The minimum Gasteiger partial charge on any atom is -0.322 e. The molecule has 3 aromatic rings. The van der Waals surface area contributed by atoms with Gasteiger partial charge in [-0.25, -0.2) is 9.37 Å². The molecule has 0 saturated heterocycles. The Morgan fingerprint density at radius 2 is 2.10 bits per heavy atom. The van der Waals surface area contributed by atoms with Crippen LogP contribution >= 0.6 is 24.0 Å². The number of hydrogen-bond donors (Lipinski definition) is 2. The summed E-state index contributed by atoms with van der Waals surface area (Å²) in [5.74, 6) is -1.07. The molecule has 3 nitrogen and oxygen atoms in total. The summed E-state index contributed by atoms with van der Waals surface area (Å²) < 4.78 is 14.6. The van der Waals surface area contributed by atoms with Gasteiger partial charge in [-0.15, -0.1) is 24.0 Å². The van der Waals surface area contributed by atoms with Crippen LogP contribution in [-0.2, 0) is 0 Å². The molecule has 0 saturated carbocycles. The largest absolute Gasteiger partial charge is 0.322 e. The van der Waals surface area contributed by atoms with Gasteiger partial charge in [0.2, 0.25) is 0 Å². The molecule has 1 heterocycles. The van der Waals surface area contributed by atoms with Crippen molar-refractivity contribution in [2.75, 3.05) is 5.32 Å². The number of thiazole rings is 1. The predicted molar refractivity (Wildman–Crippen MR) is 81.2 cm³/mol. The van der Waals surface area contributed by atoms with Crippen molar-refractivity contribution in [1.82, 2.24) is 4.98 Å². The van der Waals surface area contributed by atoms with E-state index in [2.05, 4.69) is 22.9 Å². The summed E-state index contributed by atoms with van der Waals surface area (Å²) in [5, 5.41) is 2.67. The second kappa shape index (κ2) is 5.22. The minimum absolute atomic E-state index is 0.0260. The van der Waals surface area contributed by atoms with Crippen LogP contribution in [-0.4, -0.2) is 10.9 Å². The van der Waals surface area contributed by atoms with Gasteiger partial charge in [-0.2, -0.15) is 0 Å². The van der Waals surface area contributed by atoms with Crippen molar-refractivity contribution in [1.29, 1.82) is 0 Å². The summed E-state index contributed by atoms with van der Waals surface area (Å²) in [6.07, 6.45) is 0. The van der Waals surface area contributed by atoms with Crippen LogP contribution in [0.4, 0.5) is 10.1 Å². The lowest BCUT2D eigenvalue weighted by Crippen LogP contribution is -2.13. The first kappa shape index (κ1) is 13.1. The van der Waals surface area contributed by atoms with Crippen molar-refractivity contribution >= 4 is 45.8 Å². The van der Waals surface area contributed by atoms with Crippen LogP contribution in [0.25, 0.3) is 10.2 Å². The van der Waals surface area contributed by atoms with Crippen molar-refractivity contribution < 1.29 is 9.18 Å². The summed E-state index contributed by atoms with van der Waals surface area (Å²) in [5.41, 5.74) is 3.19. The Kier molecular flexibility index (Phi) is 3.42. The van der Waals surface area contributed by atoms with E-state index in [0.29, 0.717) is 10.6 Å². The second-order valence-corrected chi connectivity index (χ2v) is 5.56. The summed E-state index contributed by atoms with van der Waals surface area (Å²) in [4.78, 5) is 16.8. The average Bonchev–Trinajstić information content (AvgIpc) is 2.89. The maximum Gasteiger partial charge on any atom is 0.258 e. The van der Waals surface area contributed by atoms with Crippen molar-refractivity contribution in [3.05, 3.63) is 53.3 Å². The first-order chi connectivity index (χ1) is 9.63. The number of amides is 1. The number of nitrogens with one attached hydrogen (secondary N) is 1. The summed E-state index contributed by atoms with van der Waals surface area (Å²) in [7, 11) is 0. The van der Waals surface area contributed by atoms with Crippen LogP contribution in [0.5, 0.6) is 0 Å². The van der Waals surface area contributed by atoms with Crippen molar-refractivity contribution in [3.63, 3.8) is 0 Å². The van der Waals surface area contributed by atoms with Gasteiger partial charge in [0.1, 0.15) is 5.82 Å². The fraction of sp³-hybridized carbons (Fsp3) is 0. The monoisotopic (exact) mass is 304 g/mol. The zero-order valence-corrected chi connectivity index (χ0v) is 11.8. The second-order valence-electron chi connectivity index (χ2n) is 4.15. The molecule has 2 aromatic carbocycles. The van der Waals surface area contributed by atoms with E-state index >= 15 is 0 Å². The zero-order valence-electron chi connectivity index (χ0n) is 10.1. The number of carbonyl (C=O) groups excluding carboxylic acids is 1. The Morgan fingerprint density at radius 1 is 1.25 bits per heavy atom. The standard InChI is InChI=1S/C14H9FN2OS2/c15-11-3-2-9(19)6-10(11)14(18)17-8-1-4-12-13(5-8)20-7-16-12/h1-7,19H,(H,17,18). The van der Waals surface area contributed by atoms with E-state index in [-0.39, 0.29) is 5.56 Å². The molecule has 0 spiro atoms. The van der Waals surface area contributed by atoms with Crippen LogP contribution in [0.3, 0.4) is 0 Å². The van der Waals surface area contributed by atoms with Crippen LogP contribution in [0, 0.1) is 5.82 Å². The van der Waals surface area contributed by atoms with Crippen LogP contribution in [0.1, 0.15) is 10.4 Å². The maximum absolute atomic E-state index is 13.6. The number of rotatable bonds is 2. The first-order valence-corrected chi connectivity index (χ1v) is 7.09. The lowest BCUT2D eigenvalue weighted by atomic mass is 10.2. The van der Waals surface area contributed by atoms with Crippen molar-refractivity contribution in [3.8, 4) is 0 Å². The number of hydrogen-bond acceptors (Lipinski definition) is 4. The van der Waals surface area contributed by atoms with Gasteiger partial charge in [-0.1, -0.05) is 0 Å². The third-order valence-electron chi connectivity index (χ3n) is 2.78. The molecular formula is C14H9FN2OS2. The Labute approximate surface area is 123 Å². The molecule has 3 rings (SSSR count). The highest BCUT2D eigenvalue weighted by Crippen LogP contribution is 2.22.